The van der Waals surface area contributed by atoms with Gasteiger partial charge in [0.2, 0.25) is 5.91 Å². The van der Waals surface area contributed by atoms with Crippen molar-refractivity contribution in [3.63, 3.8) is 0 Å². The van der Waals surface area contributed by atoms with Crippen LogP contribution in [0.1, 0.15) is 386 Å². The van der Waals surface area contributed by atoms with Crippen LogP contribution in [-0.2, 0) is 23.8 Å². The molecule has 0 aromatic heterocycles. The molecule has 0 aromatic carbocycles. The Hall–Kier alpha value is -1.86. The van der Waals surface area contributed by atoms with Gasteiger partial charge in [0.25, 0.3) is 0 Å². The van der Waals surface area contributed by atoms with Gasteiger partial charge >= 0.3 is 5.97 Å². The number of carbonyl (C=O) groups is 2. The Morgan fingerprint density at radius 3 is 1.10 bits per heavy atom. The predicted molar refractivity (Wildman–Crippen MR) is 366 cm³/mol. The summed E-state index contributed by atoms with van der Waals surface area (Å²) in [7, 11) is 0. The second-order valence-electron chi connectivity index (χ2n) is 26.7. The monoisotopic (exact) mass is 1230 g/mol. The third-order valence-electron chi connectivity index (χ3n) is 18.3. The zero-order valence-electron chi connectivity index (χ0n) is 57.3. The predicted octanol–water partition coefficient (Wildman–Crippen LogP) is 20.0. The van der Waals surface area contributed by atoms with E-state index in [1.807, 2.05) is 6.08 Å². The molecule has 0 saturated carbocycles. The second kappa shape index (κ2) is 65.6. The lowest BCUT2D eigenvalue weighted by atomic mass is 9.99. The molecule has 1 amide bonds. The molecule has 6 N–H and O–H groups in total. The molecule has 0 radical (unpaired) electrons. The first-order valence-electron chi connectivity index (χ1n) is 38.1. The minimum Gasteiger partial charge on any atom is -0.466 e. The standard InChI is InChI=1S/C76H145NO10/c1-3-5-7-9-11-13-15-39-43-46-50-54-58-62-69(79)68(67-86-76-75(84)74(83)73(82)70(66-78)87-76)77-71(80)63-59-55-51-47-44-40-37-35-33-31-29-27-25-23-21-19-17-16-18-20-22-24-26-28-30-32-34-36-38-41-45-49-53-57-61-65-85-72(81)64-60-56-52-48-42-14-12-10-8-6-4-2/h18,20,58,62,68-70,73-76,78-79,82-84H,3-17,19,21-57,59-61,63-67H2,1-2H3,(H,77,80)/b20-18-,62-58+. The van der Waals surface area contributed by atoms with Gasteiger partial charge in [-0.3, -0.25) is 9.59 Å². The Morgan fingerprint density at radius 1 is 0.414 bits per heavy atom. The van der Waals surface area contributed by atoms with E-state index in [1.54, 1.807) is 6.08 Å². The van der Waals surface area contributed by atoms with Crippen molar-refractivity contribution in [3.05, 3.63) is 24.3 Å². The lowest BCUT2D eigenvalue weighted by molar-refractivity contribution is -0.302. The summed E-state index contributed by atoms with van der Waals surface area (Å²) in [6, 6.07) is -0.807. The van der Waals surface area contributed by atoms with Crippen molar-refractivity contribution >= 4 is 11.9 Å². The van der Waals surface area contributed by atoms with E-state index in [2.05, 4.69) is 31.3 Å². The number of esters is 1. The number of nitrogens with one attached hydrogen (secondary N) is 1. The van der Waals surface area contributed by atoms with Gasteiger partial charge in [0.05, 0.1) is 32.0 Å². The number of carbonyl (C=O) groups excluding carboxylic acids is 2. The van der Waals surface area contributed by atoms with Gasteiger partial charge in [0, 0.05) is 12.8 Å². The Morgan fingerprint density at radius 2 is 0.736 bits per heavy atom. The molecule has 1 heterocycles. The number of aliphatic hydroxyl groups excluding tert-OH is 5. The molecule has 0 aromatic rings. The first kappa shape index (κ1) is 83.2. The summed E-state index contributed by atoms with van der Waals surface area (Å²) in [5.41, 5.74) is 0. The van der Waals surface area contributed by atoms with Gasteiger partial charge in [-0.25, -0.2) is 0 Å². The first-order chi connectivity index (χ1) is 42.7. The molecule has 514 valence electrons. The molecule has 11 heteroatoms. The molecular weight excluding hydrogens is 1090 g/mol. The van der Waals surface area contributed by atoms with Crippen molar-refractivity contribution in [2.24, 2.45) is 0 Å². The fourth-order valence-electron chi connectivity index (χ4n) is 12.3. The number of ether oxygens (including phenoxy) is 3. The van der Waals surface area contributed by atoms with Crippen molar-refractivity contribution < 1.29 is 49.3 Å². The minimum atomic E-state index is -1.57. The summed E-state index contributed by atoms with van der Waals surface area (Å²) < 4.78 is 16.8. The summed E-state index contributed by atoms with van der Waals surface area (Å²) in [6.07, 6.45) is 73.3. The normalized spacial score (nSPS) is 17.9. The molecule has 87 heavy (non-hydrogen) atoms. The highest BCUT2D eigenvalue weighted by atomic mass is 16.7. The van der Waals surface area contributed by atoms with Crippen LogP contribution in [0.15, 0.2) is 24.3 Å². The lowest BCUT2D eigenvalue weighted by Crippen LogP contribution is -2.60. The molecule has 1 saturated heterocycles. The minimum absolute atomic E-state index is 0.0139. The Bertz CT molecular complexity index is 1490. The van der Waals surface area contributed by atoms with E-state index in [9.17, 15) is 35.1 Å². The van der Waals surface area contributed by atoms with Crippen molar-refractivity contribution in [3.8, 4) is 0 Å². The van der Waals surface area contributed by atoms with E-state index in [-0.39, 0.29) is 18.5 Å². The molecule has 7 unspecified atom stereocenters. The molecule has 0 spiro atoms. The van der Waals surface area contributed by atoms with Crippen LogP contribution in [0.25, 0.3) is 0 Å². The molecule has 1 rings (SSSR count). The fourth-order valence-corrected chi connectivity index (χ4v) is 12.3. The molecule has 1 aliphatic rings. The van der Waals surface area contributed by atoms with Gasteiger partial charge in [-0.15, -0.1) is 0 Å². The maximum Gasteiger partial charge on any atom is 0.305 e. The quantitative estimate of drug-likeness (QED) is 0.0195. The van der Waals surface area contributed by atoms with Crippen LogP contribution >= 0.6 is 0 Å². The van der Waals surface area contributed by atoms with Crippen molar-refractivity contribution in [2.75, 3.05) is 19.8 Å². The van der Waals surface area contributed by atoms with Crippen molar-refractivity contribution in [1.82, 2.24) is 5.32 Å². The van der Waals surface area contributed by atoms with Gasteiger partial charge in [0.15, 0.2) is 6.29 Å². The van der Waals surface area contributed by atoms with E-state index in [1.165, 1.54) is 308 Å². The van der Waals surface area contributed by atoms with Crippen LogP contribution in [0.4, 0.5) is 0 Å². The largest absolute Gasteiger partial charge is 0.466 e. The van der Waals surface area contributed by atoms with Gasteiger partial charge < -0.3 is 45.1 Å². The number of rotatable bonds is 68. The maximum absolute atomic E-state index is 13.1. The SMILES string of the molecule is CCCCCCCCCCCCC/C=C/C(O)C(COC1OC(CO)C(O)C(O)C1O)NC(=O)CCCCCCCCCCCCCCCCCCC/C=C\CCCCCCCCCCCCCCCCOC(=O)CCCCCCCCCCCCC. The highest BCUT2D eigenvalue weighted by molar-refractivity contribution is 5.76. The average Bonchev–Trinajstić information content (AvgIpc) is 3.11. The third kappa shape index (κ3) is 54.4. The smallest absolute Gasteiger partial charge is 0.305 e. The van der Waals surface area contributed by atoms with E-state index in [0.717, 1.165) is 51.4 Å². The average molecular weight is 1230 g/mol. The van der Waals surface area contributed by atoms with Crippen LogP contribution in [0.5, 0.6) is 0 Å². The number of unbranched alkanes of at least 4 members (excludes halogenated alkanes) is 52. The summed E-state index contributed by atoms with van der Waals surface area (Å²) in [4.78, 5) is 25.1. The summed E-state index contributed by atoms with van der Waals surface area (Å²) >= 11 is 0. The van der Waals surface area contributed by atoms with Gasteiger partial charge in [-0.05, 0) is 57.8 Å². The van der Waals surface area contributed by atoms with Crippen molar-refractivity contribution in [2.45, 2.75) is 429 Å². The molecule has 1 fully saturated rings. The summed E-state index contributed by atoms with van der Waals surface area (Å²) in [5.74, 6) is -0.162. The lowest BCUT2D eigenvalue weighted by Gasteiger charge is -2.40. The number of amides is 1. The summed E-state index contributed by atoms with van der Waals surface area (Å²) in [6.45, 7) is 4.39. The zero-order chi connectivity index (χ0) is 63.0. The maximum atomic E-state index is 13.1. The van der Waals surface area contributed by atoms with Gasteiger partial charge in [0.1, 0.15) is 24.4 Å². The molecule has 7 atom stereocenters. The van der Waals surface area contributed by atoms with Gasteiger partial charge in [-0.1, -0.05) is 340 Å². The number of hydrogen-bond acceptors (Lipinski definition) is 10. The van der Waals surface area contributed by atoms with Crippen LogP contribution < -0.4 is 5.32 Å². The van der Waals surface area contributed by atoms with E-state index in [0.29, 0.717) is 19.4 Å². The Kier molecular flexibility index (Phi) is 62.7. The van der Waals surface area contributed by atoms with Crippen molar-refractivity contribution in [1.29, 1.82) is 0 Å². The van der Waals surface area contributed by atoms with Crippen LogP contribution in [0.3, 0.4) is 0 Å². The van der Waals surface area contributed by atoms with E-state index < -0.39 is 49.5 Å². The number of aliphatic hydroxyl groups is 5. The van der Waals surface area contributed by atoms with Crippen LogP contribution in [-0.4, -0.2) is 100 Å². The molecule has 1 aliphatic heterocycles. The highest BCUT2D eigenvalue weighted by Gasteiger charge is 2.44. The first-order valence-corrected chi connectivity index (χ1v) is 38.1. The van der Waals surface area contributed by atoms with Gasteiger partial charge in [-0.2, -0.15) is 0 Å². The molecule has 11 nitrogen and oxygen atoms in total. The molecule has 0 aliphatic carbocycles. The second-order valence-corrected chi connectivity index (χ2v) is 26.7. The Labute approximate surface area is 537 Å². The third-order valence-corrected chi connectivity index (χ3v) is 18.3. The summed E-state index contributed by atoms with van der Waals surface area (Å²) in [5, 5.41) is 54.5. The number of allylic oxidation sites excluding steroid dienone is 3. The molecule has 0 bridgehead atoms. The molecular formula is C76H145NO10. The van der Waals surface area contributed by atoms with E-state index >= 15 is 0 Å². The zero-order valence-corrected chi connectivity index (χ0v) is 57.3. The van der Waals surface area contributed by atoms with Crippen LogP contribution in [0.2, 0.25) is 0 Å². The number of hydrogen-bond donors (Lipinski definition) is 6. The van der Waals surface area contributed by atoms with Crippen LogP contribution in [0, 0.1) is 0 Å². The van der Waals surface area contributed by atoms with E-state index in [4.69, 9.17) is 14.2 Å². The Balaban J connectivity index is 1.93. The highest BCUT2D eigenvalue weighted by Crippen LogP contribution is 2.24. The topological polar surface area (TPSA) is 175 Å². The fraction of sp³-hybridized carbons (Fsp3) is 0.921.